The number of carbonyl (C=O) groups is 2. The fourth-order valence-electron chi connectivity index (χ4n) is 2.63. The van der Waals surface area contributed by atoms with E-state index in [9.17, 15) is 14.0 Å². The molecule has 0 aliphatic carbocycles. The smallest absolute Gasteiger partial charge is 0.279 e. The third kappa shape index (κ3) is 5.17. The number of carbonyl (C=O) groups excluding carboxylic acids is 2. The van der Waals surface area contributed by atoms with Crippen molar-refractivity contribution in [3.05, 3.63) is 81.9 Å². The first-order valence-electron chi connectivity index (χ1n) is 8.89. The van der Waals surface area contributed by atoms with Gasteiger partial charge < -0.3 is 14.6 Å². The maximum atomic E-state index is 13.0. The van der Waals surface area contributed by atoms with Crippen LogP contribution in [-0.4, -0.2) is 23.5 Å². The van der Waals surface area contributed by atoms with Crippen molar-refractivity contribution in [2.45, 2.75) is 19.5 Å². The third-order valence-electron chi connectivity index (χ3n) is 4.31. The van der Waals surface area contributed by atoms with Crippen LogP contribution in [0, 0.1) is 5.82 Å². The summed E-state index contributed by atoms with van der Waals surface area (Å²) in [5.74, 6) is -0.408. The van der Waals surface area contributed by atoms with Gasteiger partial charge in [0.15, 0.2) is 4.80 Å². The van der Waals surface area contributed by atoms with Crippen molar-refractivity contribution < 1.29 is 18.7 Å². The summed E-state index contributed by atoms with van der Waals surface area (Å²) in [6, 6.07) is 12.1. The SMILES string of the molecule is COc1cccc(C(=O)N=c2sccn2C(C)C(=O)NCc2ccc(F)cc2)c1. The topological polar surface area (TPSA) is 72.7 Å². The third-order valence-corrected chi connectivity index (χ3v) is 5.08. The molecule has 1 N–H and O–H groups in total. The van der Waals surface area contributed by atoms with E-state index in [1.807, 2.05) is 0 Å². The Hall–Kier alpha value is -3.26. The standard InChI is InChI=1S/C21H20FN3O3S/c1-14(19(26)23-13-15-6-8-17(22)9-7-15)25-10-11-29-21(25)24-20(27)16-4-3-5-18(12-16)28-2/h3-12,14H,13H2,1-2H3,(H,23,26). The van der Waals surface area contributed by atoms with Gasteiger partial charge in [-0.1, -0.05) is 18.2 Å². The molecule has 0 radical (unpaired) electrons. The number of halogens is 1. The maximum absolute atomic E-state index is 13.0. The summed E-state index contributed by atoms with van der Waals surface area (Å²) >= 11 is 1.27. The van der Waals surface area contributed by atoms with E-state index in [4.69, 9.17) is 4.74 Å². The predicted molar refractivity (Wildman–Crippen MR) is 108 cm³/mol. The number of thiazole rings is 1. The molecule has 1 heterocycles. The van der Waals surface area contributed by atoms with Crippen molar-refractivity contribution in [2.24, 2.45) is 4.99 Å². The molecule has 3 rings (SSSR count). The maximum Gasteiger partial charge on any atom is 0.279 e. The van der Waals surface area contributed by atoms with Crippen LogP contribution in [0.4, 0.5) is 4.39 Å². The van der Waals surface area contributed by atoms with E-state index in [1.165, 1.54) is 30.6 Å². The van der Waals surface area contributed by atoms with Crippen LogP contribution in [-0.2, 0) is 11.3 Å². The molecule has 6 nitrogen and oxygen atoms in total. The Morgan fingerprint density at radius 1 is 1.24 bits per heavy atom. The second-order valence-electron chi connectivity index (χ2n) is 6.26. The number of nitrogens with one attached hydrogen (secondary N) is 1. The molecule has 1 unspecified atom stereocenters. The predicted octanol–water partition coefficient (Wildman–Crippen LogP) is 3.32. The summed E-state index contributed by atoms with van der Waals surface area (Å²) in [4.78, 5) is 29.6. The Morgan fingerprint density at radius 2 is 2.00 bits per heavy atom. The molecule has 29 heavy (non-hydrogen) atoms. The van der Waals surface area contributed by atoms with E-state index >= 15 is 0 Å². The Bertz CT molecular complexity index is 1070. The second kappa shape index (κ2) is 9.29. The minimum atomic E-state index is -0.571. The molecule has 2 amide bonds. The Labute approximate surface area is 171 Å². The molecule has 0 aliphatic heterocycles. The van der Waals surface area contributed by atoms with E-state index < -0.39 is 11.9 Å². The van der Waals surface area contributed by atoms with Gasteiger partial charge in [0.05, 0.1) is 7.11 Å². The van der Waals surface area contributed by atoms with Gasteiger partial charge in [-0.25, -0.2) is 4.39 Å². The number of benzene rings is 2. The average Bonchev–Trinajstić information content (AvgIpc) is 3.20. The molecular weight excluding hydrogens is 393 g/mol. The summed E-state index contributed by atoms with van der Waals surface area (Å²) in [5.41, 5.74) is 1.19. The lowest BCUT2D eigenvalue weighted by Crippen LogP contribution is -2.34. The normalized spacial score (nSPS) is 12.4. The summed E-state index contributed by atoms with van der Waals surface area (Å²) < 4.78 is 19.8. The van der Waals surface area contributed by atoms with Crippen LogP contribution in [0.1, 0.15) is 28.9 Å². The van der Waals surface area contributed by atoms with Gasteiger partial charge in [0, 0.05) is 23.7 Å². The van der Waals surface area contributed by atoms with E-state index in [2.05, 4.69) is 10.3 Å². The van der Waals surface area contributed by atoms with Gasteiger partial charge in [-0.15, -0.1) is 11.3 Å². The van der Waals surface area contributed by atoms with Crippen molar-refractivity contribution in [1.29, 1.82) is 0 Å². The zero-order chi connectivity index (χ0) is 20.8. The number of nitrogens with zero attached hydrogens (tertiary/aromatic N) is 2. The lowest BCUT2D eigenvalue weighted by Gasteiger charge is -2.14. The van der Waals surface area contributed by atoms with Gasteiger partial charge >= 0.3 is 0 Å². The van der Waals surface area contributed by atoms with E-state index in [0.717, 1.165) is 5.56 Å². The summed E-state index contributed by atoms with van der Waals surface area (Å²) in [7, 11) is 1.53. The second-order valence-corrected chi connectivity index (χ2v) is 7.14. The fourth-order valence-corrected chi connectivity index (χ4v) is 3.42. The van der Waals surface area contributed by atoms with Gasteiger partial charge in [0.2, 0.25) is 5.91 Å². The number of aromatic nitrogens is 1. The molecule has 2 aromatic carbocycles. The minimum absolute atomic E-state index is 0.233. The van der Waals surface area contributed by atoms with Crippen molar-refractivity contribution in [1.82, 2.24) is 9.88 Å². The van der Waals surface area contributed by atoms with Gasteiger partial charge in [-0.3, -0.25) is 9.59 Å². The lowest BCUT2D eigenvalue weighted by molar-refractivity contribution is -0.124. The van der Waals surface area contributed by atoms with Crippen molar-refractivity contribution in [3.8, 4) is 5.75 Å². The molecule has 0 bridgehead atoms. The van der Waals surface area contributed by atoms with Crippen LogP contribution < -0.4 is 14.9 Å². The number of amides is 2. The van der Waals surface area contributed by atoms with E-state index in [-0.39, 0.29) is 18.3 Å². The molecular formula is C21H20FN3O3S. The van der Waals surface area contributed by atoms with Crippen LogP contribution in [0.25, 0.3) is 0 Å². The Balaban J connectivity index is 1.73. The molecule has 150 valence electrons. The largest absolute Gasteiger partial charge is 0.497 e. The molecule has 1 atom stereocenters. The van der Waals surface area contributed by atoms with Crippen molar-refractivity contribution in [3.63, 3.8) is 0 Å². The van der Waals surface area contributed by atoms with Crippen LogP contribution in [0.3, 0.4) is 0 Å². The highest BCUT2D eigenvalue weighted by Gasteiger charge is 2.16. The fraction of sp³-hybridized carbons (Fsp3) is 0.190. The van der Waals surface area contributed by atoms with Gasteiger partial charge in [0.1, 0.15) is 17.6 Å². The molecule has 0 saturated heterocycles. The number of hydrogen-bond donors (Lipinski definition) is 1. The number of methoxy groups -OCH3 is 1. The number of rotatable bonds is 6. The summed E-state index contributed by atoms with van der Waals surface area (Å²) in [6.07, 6.45) is 1.71. The number of hydrogen-bond acceptors (Lipinski definition) is 4. The highest BCUT2D eigenvalue weighted by Crippen LogP contribution is 2.13. The van der Waals surface area contributed by atoms with Gasteiger partial charge in [0.25, 0.3) is 5.91 Å². The Morgan fingerprint density at radius 3 is 2.72 bits per heavy atom. The Kier molecular flexibility index (Phi) is 6.56. The van der Waals surface area contributed by atoms with E-state index in [1.54, 1.807) is 59.5 Å². The van der Waals surface area contributed by atoms with Crippen molar-refractivity contribution in [2.75, 3.05) is 7.11 Å². The minimum Gasteiger partial charge on any atom is -0.497 e. The lowest BCUT2D eigenvalue weighted by atomic mass is 10.2. The van der Waals surface area contributed by atoms with Gasteiger partial charge in [-0.2, -0.15) is 4.99 Å². The molecule has 0 fully saturated rings. The highest BCUT2D eigenvalue weighted by atomic mass is 32.1. The molecule has 3 aromatic rings. The van der Waals surface area contributed by atoms with Crippen molar-refractivity contribution >= 4 is 23.2 Å². The number of ether oxygens (including phenoxy) is 1. The molecule has 0 saturated carbocycles. The molecule has 0 spiro atoms. The summed E-state index contributed by atoms with van der Waals surface area (Å²) in [6.45, 7) is 2.01. The molecule has 8 heteroatoms. The van der Waals surface area contributed by atoms with Crippen LogP contribution >= 0.6 is 11.3 Å². The average molecular weight is 413 g/mol. The molecule has 1 aromatic heterocycles. The monoisotopic (exact) mass is 413 g/mol. The van der Waals surface area contributed by atoms with E-state index in [0.29, 0.717) is 16.1 Å². The quantitative estimate of drug-likeness (QED) is 0.674. The first kappa shape index (κ1) is 20.5. The first-order valence-corrected chi connectivity index (χ1v) is 9.77. The zero-order valence-corrected chi connectivity index (χ0v) is 16.8. The first-order chi connectivity index (χ1) is 14.0. The highest BCUT2D eigenvalue weighted by molar-refractivity contribution is 7.07. The summed E-state index contributed by atoms with van der Waals surface area (Å²) in [5, 5.41) is 4.58. The van der Waals surface area contributed by atoms with Crippen LogP contribution in [0.5, 0.6) is 5.75 Å². The van der Waals surface area contributed by atoms with Crippen LogP contribution in [0.15, 0.2) is 65.1 Å². The van der Waals surface area contributed by atoms with Crippen LogP contribution in [0.2, 0.25) is 0 Å². The zero-order valence-electron chi connectivity index (χ0n) is 16.0. The molecule has 0 aliphatic rings. The van der Waals surface area contributed by atoms with Gasteiger partial charge in [-0.05, 0) is 42.8 Å².